The predicted molar refractivity (Wildman–Crippen MR) is 88.2 cm³/mol. The topological polar surface area (TPSA) is 19.0 Å². The smallest absolute Gasteiger partial charge is 0.0456 e. The Morgan fingerprint density at radius 1 is 1.05 bits per heavy atom. The summed E-state index contributed by atoms with van der Waals surface area (Å²) in [4.78, 5) is 6.00. The molecule has 0 amide bonds. The molecule has 0 aliphatic carbocycles. The fraction of sp³-hybridized carbons (Fsp3) is 0.556. The van der Waals surface area contributed by atoms with E-state index in [2.05, 4.69) is 81.9 Å². The Balaban J connectivity index is 2.31. The van der Waals surface area contributed by atoms with Gasteiger partial charge in [-0.25, -0.2) is 0 Å². The summed E-state index contributed by atoms with van der Waals surface area (Å²) < 4.78 is 0. The van der Waals surface area contributed by atoms with E-state index in [0.29, 0.717) is 12.1 Å². The highest BCUT2D eigenvalue weighted by Crippen LogP contribution is 2.28. The average Bonchev–Trinajstić information content (AvgIpc) is 2.70. The monoisotopic (exact) mass is 272 g/mol. The van der Waals surface area contributed by atoms with Crippen molar-refractivity contribution >= 4 is 10.9 Å². The van der Waals surface area contributed by atoms with Crippen molar-refractivity contribution in [3.05, 3.63) is 36.0 Å². The first-order valence-electron chi connectivity index (χ1n) is 7.66. The SMILES string of the molecule is CC(C)N(C(C)C)C(C)(C)Cc1c[nH]c2ccccc12. The van der Waals surface area contributed by atoms with Crippen molar-refractivity contribution in [2.75, 3.05) is 0 Å². The maximum atomic E-state index is 3.39. The predicted octanol–water partition coefficient (Wildman–Crippen LogP) is 4.61. The number of hydrogen-bond acceptors (Lipinski definition) is 1. The summed E-state index contributed by atoms with van der Waals surface area (Å²) in [5.74, 6) is 0. The molecule has 0 spiro atoms. The molecule has 0 aliphatic heterocycles. The molecule has 2 aromatic rings. The molecule has 0 aliphatic rings. The van der Waals surface area contributed by atoms with Gasteiger partial charge in [0, 0.05) is 34.7 Å². The van der Waals surface area contributed by atoms with Crippen molar-refractivity contribution < 1.29 is 0 Å². The summed E-state index contributed by atoms with van der Waals surface area (Å²) in [5, 5.41) is 1.35. The summed E-state index contributed by atoms with van der Waals surface area (Å²) in [7, 11) is 0. The highest BCUT2D eigenvalue weighted by molar-refractivity contribution is 5.83. The quantitative estimate of drug-likeness (QED) is 0.842. The van der Waals surface area contributed by atoms with Crippen LogP contribution in [0.5, 0.6) is 0 Å². The van der Waals surface area contributed by atoms with E-state index < -0.39 is 0 Å². The highest BCUT2D eigenvalue weighted by atomic mass is 15.2. The van der Waals surface area contributed by atoms with Gasteiger partial charge in [0.1, 0.15) is 0 Å². The third-order valence-corrected chi connectivity index (χ3v) is 4.11. The van der Waals surface area contributed by atoms with E-state index >= 15 is 0 Å². The minimum absolute atomic E-state index is 0.146. The lowest BCUT2D eigenvalue weighted by molar-refractivity contribution is 0.0511. The molecular weight excluding hydrogens is 244 g/mol. The van der Waals surface area contributed by atoms with E-state index in [1.165, 1.54) is 16.5 Å². The summed E-state index contributed by atoms with van der Waals surface area (Å²) in [6, 6.07) is 9.67. The van der Waals surface area contributed by atoms with Crippen molar-refractivity contribution in [3.63, 3.8) is 0 Å². The van der Waals surface area contributed by atoms with Crippen LogP contribution >= 0.6 is 0 Å². The van der Waals surface area contributed by atoms with Gasteiger partial charge in [0.2, 0.25) is 0 Å². The molecule has 2 rings (SSSR count). The normalized spacial score (nSPS) is 13.1. The van der Waals surface area contributed by atoms with Crippen LogP contribution in [0.1, 0.15) is 47.1 Å². The van der Waals surface area contributed by atoms with Gasteiger partial charge >= 0.3 is 0 Å². The van der Waals surface area contributed by atoms with Crippen LogP contribution in [0.2, 0.25) is 0 Å². The Morgan fingerprint density at radius 2 is 1.65 bits per heavy atom. The summed E-state index contributed by atoms with van der Waals surface area (Å²) in [5.41, 5.74) is 2.80. The Labute approximate surface area is 123 Å². The van der Waals surface area contributed by atoms with Crippen molar-refractivity contribution in [1.82, 2.24) is 9.88 Å². The third kappa shape index (κ3) is 2.90. The standard InChI is InChI=1S/C18H28N2/c1-13(2)20(14(3)4)18(5,6)11-15-12-19-17-10-8-7-9-16(15)17/h7-10,12-14,19H,11H2,1-6H3. The van der Waals surface area contributed by atoms with Crippen molar-refractivity contribution in [1.29, 1.82) is 0 Å². The van der Waals surface area contributed by atoms with Crippen LogP contribution in [-0.2, 0) is 6.42 Å². The fourth-order valence-electron chi connectivity index (χ4n) is 3.83. The minimum atomic E-state index is 0.146. The van der Waals surface area contributed by atoms with Crippen LogP contribution in [0.3, 0.4) is 0 Å². The molecule has 0 atom stereocenters. The second-order valence-corrected chi connectivity index (χ2v) is 6.94. The second kappa shape index (κ2) is 5.61. The number of nitrogens with zero attached hydrogens (tertiary/aromatic N) is 1. The zero-order valence-corrected chi connectivity index (χ0v) is 13.7. The van der Waals surface area contributed by atoms with Gasteiger partial charge in [-0.3, -0.25) is 4.90 Å². The van der Waals surface area contributed by atoms with Gasteiger partial charge in [0.05, 0.1) is 0 Å². The average molecular weight is 272 g/mol. The molecule has 0 bridgehead atoms. The van der Waals surface area contributed by atoms with Gasteiger partial charge in [0.25, 0.3) is 0 Å². The minimum Gasteiger partial charge on any atom is -0.361 e. The Hall–Kier alpha value is -1.28. The number of nitrogens with one attached hydrogen (secondary N) is 1. The number of hydrogen-bond donors (Lipinski definition) is 1. The number of aromatic nitrogens is 1. The van der Waals surface area contributed by atoms with E-state index in [4.69, 9.17) is 0 Å². The maximum absolute atomic E-state index is 3.39. The number of para-hydroxylation sites is 1. The Morgan fingerprint density at radius 3 is 2.25 bits per heavy atom. The third-order valence-electron chi connectivity index (χ3n) is 4.11. The van der Waals surface area contributed by atoms with Gasteiger partial charge in [-0.2, -0.15) is 0 Å². The van der Waals surface area contributed by atoms with Crippen LogP contribution < -0.4 is 0 Å². The maximum Gasteiger partial charge on any atom is 0.0456 e. The number of rotatable bonds is 5. The van der Waals surface area contributed by atoms with Gasteiger partial charge in [-0.15, -0.1) is 0 Å². The number of fused-ring (bicyclic) bond motifs is 1. The number of benzene rings is 1. The first-order valence-corrected chi connectivity index (χ1v) is 7.66. The summed E-state index contributed by atoms with van der Waals surface area (Å²) in [6.07, 6.45) is 3.23. The van der Waals surface area contributed by atoms with Crippen LogP contribution in [0.4, 0.5) is 0 Å². The van der Waals surface area contributed by atoms with E-state index in [1.807, 2.05) is 0 Å². The zero-order valence-electron chi connectivity index (χ0n) is 13.7. The highest BCUT2D eigenvalue weighted by Gasteiger charge is 2.31. The lowest BCUT2D eigenvalue weighted by atomic mass is 9.90. The first-order chi connectivity index (χ1) is 9.33. The summed E-state index contributed by atoms with van der Waals surface area (Å²) >= 11 is 0. The second-order valence-electron chi connectivity index (χ2n) is 6.94. The largest absolute Gasteiger partial charge is 0.361 e. The van der Waals surface area contributed by atoms with Crippen LogP contribution in [-0.4, -0.2) is 27.5 Å². The molecule has 0 saturated heterocycles. The lowest BCUT2D eigenvalue weighted by Crippen LogP contribution is -2.52. The van der Waals surface area contributed by atoms with Gasteiger partial charge < -0.3 is 4.98 Å². The lowest BCUT2D eigenvalue weighted by Gasteiger charge is -2.44. The molecule has 0 fully saturated rings. The molecule has 2 heteroatoms. The molecule has 1 heterocycles. The van der Waals surface area contributed by atoms with Crippen LogP contribution in [0, 0.1) is 0 Å². The molecule has 2 nitrogen and oxygen atoms in total. The van der Waals surface area contributed by atoms with E-state index in [0.717, 1.165) is 6.42 Å². The molecule has 1 aromatic heterocycles. The van der Waals surface area contributed by atoms with Crippen LogP contribution in [0.25, 0.3) is 10.9 Å². The van der Waals surface area contributed by atoms with E-state index in [1.54, 1.807) is 0 Å². The van der Waals surface area contributed by atoms with Crippen molar-refractivity contribution in [3.8, 4) is 0 Å². The molecular formula is C18H28N2. The molecule has 0 unspecified atom stereocenters. The van der Waals surface area contributed by atoms with Crippen LogP contribution in [0.15, 0.2) is 30.5 Å². The molecule has 110 valence electrons. The summed E-state index contributed by atoms with van der Waals surface area (Å²) in [6.45, 7) is 13.9. The van der Waals surface area contributed by atoms with Gasteiger partial charge in [-0.1, -0.05) is 18.2 Å². The molecule has 1 N–H and O–H groups in total. The number of aromatic amines is 1. The molecule has 20 heavy (non-hydrogen) atoms. The van der Waals surface area contributed by atoms with Crippen molar-refractivity contribution in [2.24, 2.45) is 0 Å². The molecule has 0 radical (unpaired) electrons. The first kappa shape index (κ1) is 15.1. The van der Waals surface area contributed by atoms with Gasteiger partial charge in [-0.05, 0) is 59.6 Å². The molecule has 0 saturated carbocycles. The fourth-order valence-corrected chi connectivity index (χ4v) is 3.83. The Bertz CT molecular complexity index is 556. The van der Waals surface area contributed by atoms with Gasteiger partial charge in [0.15, 0.2) is 0 Å². The van der Waals surface area contributed by atoms with Crippen molar-refractivity contribution in [2.45, 2.75) is 65.6 Å². The Kier molecular flexibility index (Phi) is 4.24. The van der Waals surface area contributed by atoms with E-state index in [-0.39, 0.29) is 5.54 Å². The number of H-pyrrole nitrogens is 1. The molecule has 1 aromatic carbocycles. The van der Waals surface area contributed by atoms with E-state index in [9.17, 15) is 0 Å². The zero-order chi connectivity index (χ0) is 14.9.